The van der Waals surface area contributed by atoms with Gasteiger partial charge in [0, 0.05) is 23.9 Å². The minimum Gasteiger partial charge on any atom is -0.314 e. The molecule has 1 saturated heterocycles. The lowest BCUT2D eigenvalue weighted by Gasteiger charge is -2.30. The average molecular weight is 329 g/mol. The van der Waals surface area contributed by atoms with Gasteiger partial charge in [0.15, 0.2) is 0 Å². The van der Waals surface area contributed by atoms with Gasteiger partial charge in [0.1, 0.15) is 5.82 Å². The summed E-state index contributed by atoms with van der Waals surface area (Å²) in [5, 5.41) is 0. The van der Waals surface area contributed by atoms with E-state index in [0.29, 0.717) is 23.6 Å². The first kappa shape index (κ1) is 16.4. The Balaban J connectivity index is 1.55. The number of likely N-dealkylation sites (tertiary alicyclic amines) is 1. The molecular weight excluding hydrogens is 309 g/mol. The van der Waals surface area contributed by atoms with Gasteiger partial charge < -0.3 is 4.98 Å². The summed E-state index contributed by atoms with van der Waals surface area (Å²) in [6.45, 7) is 2.26. The summed E-state index contributed by atoms with van der Waals surface area (Å²) in [5.41, 5.74) is 0.357. The molecule has 6 heteroatoms. The molecule has 0 radical (unpaired) electrons. The lowest BCUT2D eigenvalue weighted by Crippen LogP contribution is -2.35. The fourth-order valence-electron chi connectivity index (χ4n) is 2.95. The molecule has 3 rings (SSSR count). The molecular formula is C18H20FN3O2. The fourth-order valence-corrected chi connectivity index (χ4v) is 2.95. The van der Waals surface area contributed by atoms with E-state index in [1.54, 1.807) is 12.1 Å². The molecule has 126 valence electrons. The predicted molar refractivity (Wildman–Crippen MR) is 91.1 cm³/mol. The molecule has 0 aliphatic carbocycles. The average Bonchev–Trinajstić information content (AvgIpc) is 2.58. The van der Waals surface area contributed by atoms with E-state index in [4.69, 9.17) is 0 Å². The quantitative estimate of drug-likeness (QED) is 0.903. The van der Waals surface area contributed by atoms with E-state index < -0.39 is 5.69 Å². The molecule has 1 fully saturated rings. The van der Waals surface area contributed by atoms with Gasteiger partial charge in [-0.2, -0.15) is 0 Å². The van der Waals surface area contributed by atoms with E-state index in [1.807, 2.05) is 12.1 Å². The SMILES string of the molecule is O=c1[nH]cc(CN2CCC(/C=C/c3ccccc3F)CC2)c(=O)[nH]1. The van der Waals surface area contributed by atoms with Crippen molar-refractivity contribution in [3.63, 3.8) is 0 Å². The van der Waals surface area contributed by atoms with Crippen LogP contribution in [-0.4, -0.2) is 28.0 Å². The second-order valence-electron chi connectivity index (χ2n) is 6.09. The summed E-state index contributed by atoms with van der Waals surface area (Å²) < 4.78 is 13.6. The van der Waals surface area contributed by atoms with Crippen molar-refractivity contribution in [3.8, 4) is 0 Å². The Hall–Kier alpha value is -2.47. The zero-order valence-corrected chi connectivity index (χ0v) is 13.3. The molecule has 0 atom stereocenters. The molecule has 5 nitrogen and oxygen atoms in total. The van der Waals surface area contributed by atoms with E-state index in [9.17, 15) is 14.0 Å². The molecule has 0 bridgehead atoms. The highest BCUT2D eigenvalue weighted by Gasteiger charge is 2.18. The standard InChI is InChI=1S/C18H20FN3O2/c19-16-4-2-1-3-14(16)6-5-13-7-9-22(10-8-13)12-15-11-20-18(24)21-17(15)23/h1-6,11,13H,7-10,12H2,(H2,20,21,23,24)/b6-5+. The van der Waals surface area contributed by atoms with Gasteiger partial charge in [0.2, 0.25) is 0 Å². The Labute approximate surface area is 138 Å². The van der Waals surface area contributed by atoms with Gasteiger partial charge in [-0.25, -0.2) is 9.18 Å². The van der Waals surface area contributed by atoms with Gasteiger partial charge >= 0.3 is 5.69 Å². The summed E-state index contributed by atoms with van der Waals surface area (Å²) in [6, 6.07) is 6.74. The maximum absolute atomic E-state index is 13.6. The zero-order valence-electron chi connectivity index (χ0n) is 13.3. The number of H-pyrrole nitrogens is 2. The van der Waals surface area contributed by atoms with Crippen LogP contribution in [0.3, 0.4) is 0 Å². The second-order valence-corrected chi connectivity index (χ2v) is 6.09. The first-order valence-electron chi connectivity index (χ1n) is 8.08. The van der Waals surface area contributed by atoms with Crippen LogP contribution in [-0.2, 0) is 6.54 Å². The first-order chi connectivity index (χ1) is 11.6. The van der Waals surface area contributed by atoms with Gasteiger partial charge in [0.05, 0.1) is 0 Å². The number of benzene rings is 1. The lowest BCUT2D eigenvalue weighted by atomic mass is 9.95. The molecule has 2 aromatic rings. The van der Waals surface area contributed by atoms with Crippen molar-refractivity contribution < 1.29 is 4.39 Å². The van der Waals surface area contributed by atoms with Crippen LogP contribution >= 0.6 is 0 Å². The second kappa shape index (κ2) is 7.40. The van der Waals surface area contributed by atoms with Crippen LogP contribution in [0.5, 0.6) is 0 Å². The van der Waals surface area contributed by atoms with Crippen molar-refractivity contribution in [1.29, 1.82) is 0 Å². The van der Waals surface area contributed by atoms with Gasteiger partial charge in [-0.05, 0) is 37.9 Å². The Morgan fingerprint density at radius 3 is 2.67 bits per heavy atom. The highest BCUT2D eigenvalue weighted by molar-refractivity contribution is 5.50. The Bertz CT molecular complexity index is 832. The molecule has 2 heterocycles. The molecule has 24 heavy (non-hydrogen) atoms. The molecule has 1 aliphatic heterocycles. The molecule has 0 amide bonds. The maximum Gasteiger partial charge on any atom is 0.325 e. The van der Waals surface area contributed by atoms with Gasteiger partial charge in [0.25, 0.3) is 5.56 Å². The van der Waals surface area contributed by atoms with Crippen molar-refractivity contribution in [3.05, 3.63) is 74.3 Å². The molecule has 1 aromatic heterocycles. The third kappa shape index (κ3) is 4.08. The van der Waals surface area contributed by atoms with Crippen molar-refractivity contribution in [2.24, 2.45) is 5.92 Å². The van der Waals surface area contributed by atoms with E-state index >= 15 is 0 Å². The normalized spacial score (nSPS) is 16.7. The summed E-state index contributed by atoms with van der Waals surface area (Å²) in [6.07, 6.45) is 7.33. The smallest absolute Gasteiger partial charge is 0.314 e. The van der Waals surface area contributed by atoms with E-state index in [0.717, 1.165) is 25.9 Å². The highest BCUT2D eigenvalue weighted by atomic mass is 19.1. The van der Waals surface area contributed by atoms with Crippen LogP contribution in [0.4, 0.5) is 4.39 Å². The summed E-state index contributed by atoms with van der Waals surface area (Å²) in [7, 11) is 0. The summed E-state index contributed by atoms with van der Waals surface area (Å²) >= 11 is 0. The minimum atomic E-state index is -0.485. The third-order valence-corrected chi connectivity index (χ3v) is 4.38. The number of nitrogens with zero attached hydrogens (tertiary/aromatic N) is 1. The number of rotatable bonds is 4. The van der Waals surface area contributed by atoms with Crippen molar-refractivity contribution in [2.45, 2.75) is 19.4 Å². The first-order valence-corrected chi connectivity index (χ1v) is 8.08. The summed E-state index contributed by atoms with van der Waals surface area (Å²) in [4.78, 5) is 29.7. The van der Waals surface area contributed by atoms with Crippen LogP contribution in [0.1, 0.15) is 24.0 Å². The molecule has 2 N–H and O–H groups in total. The van der Waals surface area contributed by atoms with E-state index in [1.165, 1.54) is 12.3 Å². The van der Waals surface area contributed by atoms with Crippen LogP contribution in [0, 0.1) is 11.7 Å². The van der Waals surface area contributed by atoms with Gasteiger partial charge in [-0.15, -0.1) is 0 Å². The topological polar surface area (TPSA) is 69.0 Å². The lowest BCUT2D eigenvalue weighted by molar-refractivity contribution is 0.195. The Kier molecular flexibility index (Phi) is 5.05. The van der Waals surface area contributed by atoms with Crippen molar-refractivity contribution in [1.82, 2.24) is 14.9 Å². The number of hydrogen-bond donors (Lipinski definition) is 2. The molecule has 1 aliphatic rings. The largest absolute Gasteiger partial charge is 0.325 e. The molecule has 0 unspecified atom stereocenters. The number of halogens is 1. The predicted octanol–water partition coefficient (Wildman–Crippen LogP) is 2.13. The van der Waals surface area contributed by atoms with E-state index in [-0.39, 0.29) is 11.4 Å². The van der Waals surface area contributed by atoms with Gasteiger partial charge in [-0.1, -0.05) is 30.4 Å². The van der Waals surface area contributed by atoms with Crippen LogP contribution in [0.2, 0.25) is 0 Å². The van der Waals surface area contributed by atoms with Crippen LogP contribution in [0.25, 0.3) is 6.08 Å². The van der Waals surface area contributed by atoms with Crippen LogP contribution < -0.4 is 11.2 Å². The fraction of sp³-hybridized carbons (Fsp3) is 0.333. The minimum absolute atomic E-state index is 0.205. The third-order valence-electron chi connectivity index (χ3n) is 4.38. The zero-order chi connectivity index (χ0) is 16.9. The monoisotopic (exact) mass is 329 g/mol. The Morgan fingerprint density at radius 1 is 1.21 bits per heavy atom. The number of aromatic nitrogens is 2. The number of allylic oxidation sites excluding steroid dienone is 1. The summed E-state index contributed by atoms with van der Waals surface area (Å²) in [5.74, 6) is 0.207. The van der Waals surface area contributed by atoms with Gasteiger partial charge in [-0.3, -0.25) is 14.7 Å². The van der Waals surface area contributed by atoms with Crippen molar-refractivity contribution >= 4 is 6.08 Å². The Morgan fingerprint density at radius 2 is 1.96 bits per heavy atom. The number of hydrogen-bond acceptors (Lipinski definition) is 3. The number of piperidine rings is 1. The number of nitrogens with one attached hydrogen (secondary N) is 2. The molecule has 0 spiro atoms. The van der Waals surface area contributed by atoms with Crippen molar-refractivity contribution in [2.75, 3.05) is 13.1 Å². The molecule has 1 aromatic carbocycles. The van der Waals surface area contributed by atoms with E-state index in [2.05, 4.69) is 20.9 Å². The number of aromatic amines is 2. The van der Waals surface area contributed by atoms with Crippen LogP contribution in [0.15, 0.2) is 46.1 Å². The molecule has 0 saturated carbocycles. The maximum atomic E-state index is 13.6. The highest BCUT2D eigenvalue weighted by Crippen LogP contribution is 2.21.